The standard InChI is InChI=1S/C12H18/c1-11(2)7-6-10-12-8-4-3-5-9-12/h3-5,8-9,11H,6-7,10H2,1-2H3. The highest BCUT2D eigenvalue weighted by Crippen LogP contribution is 2.09. The maximum atomic E-state index is 2.28. The maximum Gasteiger partial charge on any atom is -0.0279 e. The van der Waals surface area contributed by atoms with E-state index in [1.807, 2.05) is 0 Å². The molecule has 0 nitrogen and oxygen atoms in total. The molecule has 0 saturated heterocycles. The minimum absolute atomic E-state index is 0.841. The van der Waals surface area contributed by atoms with Gasteiger partial charge in [0.2, 0.25) is 0 Å². The Morgan fingerprint density at radius 2 is 1.75 bits per heavy atom. The van der Waals surface area contributed by atoms with Crippen LogP contribution in [0.4, 0.5) is 0 Å². The normalized spacial score (nSPS) is 10.6. The van der Waals surface area contributed by atoms with Crippen LogP contribution in [-0.4, -0.2) is 0 Å². The van der Waals surface area contributed by atoms with Gasteiger partial charge < -0.3 is 0 Å². The minimum Gasteiger partial charge on any atom is -0.0628 e. The topological polar surface area (TPSA) is 0 Å². The molecular formula is C12H18. The SMILES string of the molecule is CC(C)CCCc1ccccc1. The first-order valence-electron chi connectivity index (χ1n) is 4.83. The van der Waals surface area contributed by atoms with Crippen LogP contribution in [0.25, 0.3) is 0 Å². The molecule has 12 heavy (non-hydrogen) atoms. The molecule has 0 aliphatic carbocycles. The number of aryl methyl sites for hydroxylation is 1. The van der Waals surface area contributed by atoms with Crippen molar-refractivity contribution in [1.29, 1.82) is 0 Å². The summed E-state index contributed by atoms with van der Waals surface area (Å²) < 4.78 is 0. The van der Waals surface area contributed by atoms with E-state index >= 15 is 0 Å². The summed E-state index contributed by atoms with van der Waals surface area (Å²) in [7, 11) is 0. The van der Waals surface area contributed by atoms with E-state index in [2.05, 4.69) is 44.2 Å². The van der Waals surface area contributed by atoms with Crippen molar-refractivity contribution in [2.45, 2.75) is 33.1 Å². The van der Waals surface area contributed by atoms with Crippen molar-refractivity contribution in [3.8, 4) is 0 Å². The van der Waals surface area contributed by atoms with Crippen LogP contribution in [0.3, 0.4) is 0 Å². The Bertz CT molecular complexity index is 199. The number of benzene rings is 1. The summed E-state index contributed by atoms with van der Waals surface area (Å²) >= 11 is 0. The zero-order valence-electron chi connectivity index (χ0n) is 8.09. The maximum absolute atomic E-state index is 2.28. The van der Waals surface area contributed by atoms with Gasteiger partial charge in [-0.3, -0.25) is 0 Å². The van der Waals surface area contributed by atoms with E-state index in [9.17, 15) is 0 Å². The Kier molecular flexibility index (Phi) is 3.86. The van der Waals surface area contributed by atoms with Crippen molar-refractivity contribution in [1.82, 2.24) is 0 Å². The van der Waals surface area contributed by atoms with Gasteiger partial charge in [0.1, 0.15) is 0 Å². The van der Waals surface area contributed by atoms with Gasteiger partial charge in [-0.25, -0.2) is 0 Å². The Labute approximate surface area is 75.6 Å². The molecule has 0 aromatic heterocycles. The van der Waals surface area contributed by atoms with Gasteiger partial charge in [0.05, 0.1) is 0 Å². The first-order valence-corrected chi connectivity index (χ1v) is 4.83. The lowest BCUT2D eigenvalue weighted by Crippen LogP contribution is -1.90. The molecule has 0 fully saturated rings. The van der Waals surface area contributed by atoms with E-state index in [-0.39, 0.29) is 0 Å². The van der Waals surface area contributed by atoms with Crippen molar-refractivity contribution in [2.75, 3.05) is 0 Å². The highest BCUT2D eigenvalue weighted by molar-refractivity contribution is 5.14. The second kappa shape index (κ2) is 4.97. The first-order chi connectivity index (χ1) is 5.79. The third kappa shape index (κ3) is 3.56. The molecule has 0 heterocycles. The summed E-state index contributed by atoms with van der Waals surface area (Å²) in [5, 5.41) is 0. The summed E-state index contributed by atoms with van der Waals surface area (Å²) in [5.41, 5.74) is 1.47. The molecule has 0 heteroatoms. The first kappa shape index (κ1) is 9.31. The fourth-order valence-corrected chi connectivity index (χ4v) is 1.36. The van der Waals surface area contributed by atoms with Crippen LogP contribution in [0.2, 0.25) is 0 Å². The van der Waals surface area contributed by atoms with Gasteiger partial charge in [-0.05, 0) is 24.3 Å². The fourth-order valence-electron chi connectivity index (χ4n) is 1.36. The quantitative estimate of drug-likeness (QED) is 0.633. The average Bonchev–Trinajstić information content (AvgIpc) is 2.05. The monoisotopic (exact) mass is 162 g/mol. The predicted octanol–water partition coefficient (Wildman–Crippen LogP) is 3.67. The third-order valence-electron chi connectivity index (χ3n) is 2.09. The van der Waals surface area contributed by atoms with Crippen LogP contribution >= 0.6 is 0 Å². The van der Waals surface area contributed by atoms with Crippen LogP contribution in [0.1, 0.15) is 32.3 Å². The van der Waals surface area contributed by atoms with Crippen molar-refractivity contribution in [2.24, 2.45) is 5.92 Å². The lowest BCUT2D eigenvalue weighted by molar-refractivity contribution is 0.556. The second-order valence-electron chi connectivity index (χ2n) is 3.77. The van der Waals surface area contributed by atoms with E-state index in [1.54, 1.807) is 0 Å². The van der Waals surface area contributed by atoms with Gasteiger partial charge in [0, 0.05) is 0 Å². The molecule has 66 valence electrons. The molecule has 0 unspecified atom stereocenters. The van der Waals surface area contributed by atoms with Crippen LogP contribution < -0.4 is 0 Å². The summed E-state index contributed by atoms with van der Waals surface area (Å²) in [6.45, 7) is 4.57. The molecule has 0 bridgehead atoms. The molecule has 0 aliphatic rings. The molecule has 0 spiro atoms. The zero-order chi connectivity index (χ0) is 8.81. The number of hydrogen-bond acceptors (Lipinski definition) is 0. The van der Waals surface area contributed by atoms with Gasteiger partial charge >= 0.3 is 0 Å². The molecule has 0 atom stereocenters. The predicted molar refractivity (Wildman–Crippen MR) is 54.2 cm³/mol. The van der Waals surface area contributed by atoms with Gasteiger partial charge in [-0.2, -0.15) is 0 Å². The van der Waals surface area contributed by atoms with Crippen LogP contribution in [0.5, 0.6) is 0 Å². The Morgan fingerprint density at radius 3 is 2.33 bits per heavy atom. The van der Waals surface area contributed by atoms with Crippen molar-refractivity contribution < 1.29 is 0 Å². The highest BCUT2D eigenvalue weighted by Gasteiger charge is 1.94. The summed E-state index contributed by atoms with van der Waals surface area (Å²) in [4.78, 5) is 0. The highest BCUT2D eigenvalue weighted by atomic mass is 14.0. The van der Waals surface area contributed by atoms with Crippen molar-refractivity contribution in [3.05, 3.63) is 35.9 Å². The molecule has 1 aromatic carbocycles. The van der Waals surface area contributed by atoms with Crippen molar-refractivity contribution >= 4 is 0 Å². The van der Waals surface area contributed by atoms with E-state index < -0.39 is 0 Å². The van der Waals surface area contributed by atoms with E-state index in [0.717, 1.165) is 5.92 Å². The molecule has 0 N–H and O–H groups in total. The molecular weight excluding hydrogens is 144 g/mol. The minimum atomic E-state index is 0.841. The summed E-state index contributed by atoms with van der Waals surface area (Å²) in [5.74, 6) is 0.841. The van der Waals surface area contributed by atoms with E-state index in [0.29, 0.717) is 0 Å². The lowest BCUT2D eigenvalue weighted by atomic mass is 10.0. The molecule has 0 amide bonds. The smallest absolute Gasteiger partial charge is 0.0279 e. The van der Waals surface area contributed by atoms with E-state index in [4.69, 9.17) is 0 Å². The molecule has 0 aliphatic heterocycles. The average molecular weight is 162 g/mol. The zero-order valence-corrected chi connectivity index (χ0v) is 8.09. The van der Waals surface area contributed by atoms with Crippen LogP contribution in [0.15, 0.2) is 30.3 Å². The molecule has 0 radical (unpaired) electrons. The summed E-state index contributed by atoms with van der Waals surface area (Å²) in [6, 6.07) is 10.7. The third-order valence-corrected chi connectivity index (χ3v) is 2.09. The number of hydrogen-bond donors (Lipinski definition) is 0. The van der Waals surface area contributed by atoms with Gasteiger partial charge in [-0.1, -0.05) is 50.6 Å². The van der Waals surface area contributed by atoms with Crippen LogP contribution in [-0.2, 0) is 6.42 Å². The molecule has 1 aromatic rings. The Balaban J connectivity index is 2.25. The second-order valence-corrected chi connectivity index (χ2v) is 3.77. The van der Waals surface area contributed by atoms with E-state index in [1.165, 1.54) is 24.8 Å². The van der Waals surface area contributed by atoms with Gasteiger partial charge in [0.25, 0.3) is 0 Å². The largest absolute Gasteiger partial charge is 0.0628 e. The lowest BCUT2D eigenvalue weighted by Gasteiger charge is -2.03. The molecule has 1 rings (SSSR count). The van der Waals surface area contributed by atoms with Crippen LogP contribution in [0, 0.1) is 5.92 Å². The molecule has 0 saturated carbocycles. The number of rotatable bonds is 4. The fraction of sp³-hybridized carbons (Fsp3) is 0.500. The van der Waals surface area contributed by atoms with Gasteiger partial charge in [-0.15, -0.1) is 0 Å². The Morgan fingerprint density at radius 1 is 1.08 bits per heavy atom. The van der Waals surface area contributed by atoms with Crippen molar-refractivity contribution in [3.63, 3.8) is 0 Å². The van der Waals surface area contributed by atoms with Gasteiger partial charge in [0.15, 0.2) is 0 Å². The summed E-state index contributed by atoms with van der Waals surface area (Å²) in [6.07, 6.45) is 3.90. The Hall–Kier alpha value is -0.780.